The van der Waals surface area contributed by atoms with Crippen LogP contribution in [0, 0.1) is 0 Å². The van der Waals surface area contributed by atoms with Gasteiger partial charge < -0.3 is 14.5 Å². The standard InChI is InChI=1S/C19H22N4O2/c24-19(23-11-13-25-14-12-23)18-8-7-17(20-21-18)15-3-5-16(6-4-15)22-9-1-2-10-22/h3-8H,1-2,9-14H2. The lowest BCUT2D eigenvalue weighted by atomic mass is 10.1. The van der Waals surface area contributed by atoms with Crippen LogP contribution in [-0.2, 0) is 4.74 Å². The first-order chi connectivity index (χ1) is 12.3. The van der Waals surface area contributed by atoms with E-state index in [2.05, 4.69) is 39.4 Å². The maximum Gasteiger partial charge on any atom is 0.274 e. The van der Waals surface area contributed by atoms with Crippen LogP contribution in [0.4, 0.5) is 5.69 Å². The predicted molar refractivity (Wildman–Crippen MR) is 95.6 cm³/mol. The van der Waals surface area contributed by atoms with Gasteiger partial charge in [0.1, 0.15) is 0 Å². The zero-order chi connectivity index (χ0) is 17.1. The first-order valence-corrected chi connectivity index (χ1v) is 8.87. The van der Waals surface area contributed by atoms with Crippen LogP contribution in [0.2, 0.25) is 0 Å². The number of amides is 1. The van der Waals surface area contributed by atoms with Crippen molar-refractivity contribution in [3.05, 3.63) is 42.1 Å². The summed E-state index contributed by atoms with van der Waals surface area (Å²) in [6, 6.07) is 12.0. The molecule has 0 unspecified atom stereocenters. The Bertz CT molecular complexity index is 718. The number of anilines is 1. The summed E-state index contributed by atoms with van der Waals surface area (Å²) in [5, 5.41) is 8.39. The number of rotatable bonds is 3. The average Bonchev–Trinajstić information content (AvgIpc) is 3.23. The highest BCUT2D eigenvalue weighted by Gasteiger charge is 2.20. The molecule has 2 saturated heterocycles. The molecule has 2 aliphatic heterocycles. The second-order valence-electron chi connectivity index (χ2n) is 6.45. The Morgan fingerprint density at radius 3 is 2.24 bits per heavy atom. The molecular weight excluding hydrogens is 316 g/mol. The number of hydrogen-bond acceptors (Lipinski definition) is 5. The van der Waals surface area contributed by atoms with E-state index in [9.17, 15) is 4.79 Å². The van der Waals surface area contributed by atoms with Crippen LogP contribution in [0.3, 0.4) is 0 Å². The fourth-order valence-electron chi connectivity index (χ4n) is 3.35. The molecule has 2 aliphatic rings. The number of nitrogens with zero attached hydrogens (tertiary/aromatic N) is 4. The van der Waals surface area contributed by atoms with Crippen LogP contribution in [0.15, 0.2) is 36.4 Å². The third-order valence-corrected chi connectivity index (χ3v) is 4.82. The van der Waals surface area contributed by atoms with Crippen molar-refractivity contribution >= 4 is 11.6 Å². The van der Waals surface area contributed by atoms with Crippen LogP contribution in [0.25, 0.3) is 11.3 Å². The fraction of sp³-hybridized carbons (Fsp3) is 0.421. The summed E-state index contributed by atoms with van der Waals surface area (Å²) in [4.78, 5) is 16.6. The van der Waals surface area contributed by atoms with E-state index < -0.39 is 0 Å². The predicted octanol–water partition coefficient (Wildman–Crippen LogP) is 2.22. The molecule has 0 saturated carbocycles. The van der Waals surface area contributed by atoms with Gasteiger partial charge in [-0.25, -0.2) is 0 Å². The number of carbonyl (C=O) groups is 1. The van der Waals surface area contributed by atoms with E-state index in [-0.39, 0.29) is 5.91 Å². The molecule has 0 radical (unpaired) electrons. The number of aromatic nitrogens is 2. The van der Waals surface area contributed by atoms with Gasteiger partial charge in [-0.05, 0) is 37.1 Å². The van der Waals surface area contributed by atoms with Crippen LogP contribution < -0.4 is 4.90 Å². The van der Waals surface area contributed by atoms with Gasteiger partial charge in [0.25, 0.3) is 5.91 Å². The zero-order valence-corrected chi connectivity index (χ0v) is 14.2. The number of hydrogen-bond donors (Lipinski definition) is 0. The smallest absolute Gasteiger partial charge is 0.274 e. The van der Waals surface area contributed by atoms with E-state index in [1.165, 1.54) is 18.5 Å². The summed E-state index contributed by atoms with van der Waals surface area (Å²) in [6.45, 7) is 4.66. The van der Waals surface area contributed by atoms with Gasteiger partial charge in [-0.2, -0.15) is 0 Å². The van der Waals surface area contributed by atoms with Gasteiger partial charge in [-0.3, -0.25) is 4.79 Å². The van der Waals surface area contributed by atoms with Crippen molar-refractivity contribution in [3.63, 3.8) is 0 Å². The second kappa shape index (κ2) is 7.19. The summed E-state index contributed by atoms with van der Waals surface area (Å²) >= 11 is 0. The largest absolute Gasteiger partial charge is 0.378 e. The summed E-state index contributed by atoms with van der Waals surface area (Å²) in [5.41, 5.74) is 3.44. The molecule has 1 aromatic carbocycles. The lowest BCUT2D eigenvalue weighted by Gasteiger charge is -2.26. The Labute approximate surface area is 147 Å². The average molecular weight is 338 g/mol. The molecule has 0 spiro atoms. The van der Waals surface area contributed by atoms with Gasteiger partial charge >= 0.3 is 0 Å². The quantitative estimate of drug-likeness (QED) is 0.859. The molecule has 2 aromatic rings. The molecule has 2 fully saturated rings. The van der Waals surface area contributed by atoms with E-state index in [0.29, 0.717) is 32.0 Å². The van der Waals surface area contributed by atoms with E-state index in [1.807, 2.05) is 6.07 Å². The molecule has 4 rings (SSSR count). The zero-order valence-electron chi connectivity index (χ0n) is 14.2. The van der Waals surface area contributed by atoms with E-state index in [0.717, 1.165) is 24.3 Å². The Kier molecular flexibility index (Phi) is 4.61. The molecule has 25 heavy (non-hydrogen) atoms. The lowest BCUT2D eigenvalue weighted by molar-refractivity contribution is 0.0298. The van der Waals surface area contributed by atoms with Crippen LogP contribution in [0.5, 0.6) is 0 Å². The van der Waals surface area contributed by atoms with Gasteiger partial charge in [-0.1, -0.05) is 12.1 Å². The van der Waals surface area contributed by atoms with E-state index >= 15 is 0 Å². The highest BCUT2D eigenvalue weighted by atomic mass is 16.5. The van der Waals surface area contributed by atoms with Gasteiger partial charge in [0.2, 0.25) is 0 Å². The molecule has 130 valence electrons. The molecule has 1 aromatic heterocycles. The van der Waals surface area contributed by atoms with Crippen LogP contribution >= 0.6 is 0 Å². The maximum absolute atomic E-state index is 12.4. The molecule has 6 heteroatoms. The molecule has 0 bridgehead atoms. The summed E-state index contributed by atoms with van der Waals surface area (Å²) in [6.07, 6.45) is 2.54. The van der Waals surface area contributed by atoms with Gasteiger partial charge in [0.05, 0.1) is 18.9 Å². The first kappa shape index (κ1) is 16.0. The van der Waals surface area contributed by atoms with Crippen molar-refractivity contribution < 1.29 is 9.53 Å². The normalized spacial score (nSPS) is 17.8. The minimum atomic E-state index is -0.0771. The highest BCUT2D eigenvalue weighted by Crippen LogP contribution is 2.24. The SMILES string of the molecule is O=C(c1ccc(-c2ccc(N3CCCC3)cc2)nn1)N1CCOCC1. The summed E-state index contributed by atoms with van der Waals surface area (Å²) < 4.78 is 5.28. The highest BCUT2D eigenvalue weighted by molar-refractivity contribution is 5.92. The van der Waals surface area contributed by atoms with Crippen LogP contribution in [0.1, 0.15) is 23.3 Å². The van der Waals surface area contributed by atoms with Crippen molar-refractivity contribution in [1.29, 1.82) is 0 Å². The Hall–Kier alpha value is -2.47. The Morgan fingerprint density at radius 2 is 1.60 bits per heavy atom. The lowest BCUT2D eigenvalue weighted by Crippen LogP contribution is -2.41. The van der Waals surface area contributed by atoms with E-state index in [1.54, 1.807) is 11.0 Å². The van der Waals surface area contributed by atoms with Gasteiger partial charge in [0, 0.05) is 37.4 Å². The molecular formula is C19H22N4O2. The van der Waals surface area contributed by atoms with Crippen molar-refractivity contribution in [3.8, 4) is 11.3 Å². The minimum Gasteiger partial charge on any atom is -0.378 e. The maximum atomic E-state index is 12.4. The molecule has 1 amide bonds. The molecule has 3 heterocycles. The number of carbonyl (C=O) groups excluding carboxylic acids is 1. The number of benzene rings is 1. The summed E-state index contributed by atoms with van der Waals surface area (Å²) in [5.74, 6) is -0.0771. The van der Waals surface area contributed by atoms with Gasteiger partial charge in [-0.15, -0.1) is 10.2 Å². The van der Waals surface area contributed by atoms with Gasteiger partial charge in [0.15, 0.2) is 5.69 Å². The van der Waals surface area contributed by atoms with Crippen molar-refractivity contribution in [1.82, 2.24) is 15.1 Å². The molecule has 0 aliphatic carbocycles. The minimum absolute atomic E-state index is 0.0771. The van der Waals surface area contributed by atoms with Crippen LogP contribution in [-0.4, -0.2) is 60.4 Å². The fourth-order valence-corrected chi connectivity index (χ4v) is 3.35. The summed E-state index contributed by atoms with van der Waals surface area (Å²) in [7, 11) is 0. The number of morpholine rings is 1. The third-order valence-electron chi connectivity index (χ3n) is 4.82. The van der Waals surface area contributed by atoms with E-state index in [4.69, 9.17) is 4.74 Å². The number of ether oxygens (including phenoxy) is 1. The molecule has 0 atom stereocenters. The third kappa shape index (κ3) is 3.49. The van der Waals surface area contributed by atoms with Crippen molar-refractivity contribution in [2.45, 2.75) is 12.8 Å². The van der Waals surface area contributed by atoms with Crippen molar-refractivity contribution in [2.24, 2.45) is 0 Å². The van der Waals surface area contributed by atoms with Crippen molar-refractivity contribution in [2.75, 3.05) is 44.3 Å². The topological polar surface area (TPSA) is 58.6 Å². The molecule has 6 nitrogen and oxygen atoms in total. The second-order valence-corrected chi connectivity index (χ2v) is 6.45. The first-order valence-electron chi connectivity index (χ1n) is 8.87. The molecule has 0 N–H and O–H groups in total. The Balaban J connectivity index is 1.46. The Morgan fingerprint density at radius 1 is 0.880 bits per heavy atom. The monoisotopic (exact) mass is 338 g/mol.